The van der Waals surface area contributed by atoms with Crippen LogP contribution < -0.4 is 0 Å². The summed E-state index contributed by atoms with van der Waals surface area (Å²) in [5.41, 5.74) is 0.194. The van der Waals surface area contributed by atoms with Crippen LogP contribution in [0.15, 0.2) is 12.7 Å². The van der Waals surface area contributed by atoms with Gasteiger partial charge < -0.3 is 9.47 Å². The predicted octanol–water partition coefficient (Wildman–Crippen LogP) is 5.84. The van der Waals surface area contributed by atoms with Gasteiger partial charge in [0.1, 0.15) is 6.10 Å². The first-order valence-corrected chi connectivity index (χ1v) is 13.8. The van der Waals surface area contributed by atoms with Crippen LogP contribution in [-0.4, -0.2) is 23.5 Å². The van der Waals surface area contributed by atoms with Gasteiger partial charge in [-0.3, -0.25) is 0 Å². The topological polar surface area (TPSA) is 35.5 Å². The zero-order chi connectivity index (χ0) is 21.5. The summed E-state index contributed by atoms with van der Waals surface area (Å²) in [5.74, 6) is 7.68. The van der Waals surface area contributed by atoms with Gasteiger partial charge in [0.25, 0.3) is 0 Å². The summed E-state index contributed by atoms with van der Waals surface area (Å²) in [6.45, 7) is 8.57. The van der Waals surface area contributed by atoms with E-state index >= 15 is 0 Å². The molecule has 7 saturated carbocycles. The Morgan fingerprint density at radius 2 is 1.65 bits per heavy atom. The minimum atomic E-state index is -0.238. The summed E-state index contributed by atoms with van der Waals surface area (Å²) >= 11 is 0. The van der Waals surface area contributed by atoms with E-state index in [1.807, 2.05) is 0 Å². The zero-order valence-corrected chi connectivity index (χ0v) is 20.5. The first kappa shape index (κ1) is 21.2. The molecular formula is C27H41O3P. The third kappa shape index (κ3) is 3.39. The molecule has 0 aromatic rings. The van der Waals surface area contributed by atoms with E-state index in [0.29, 0.717) is 35.4 Å². The van der Waals surface area contributed by atoms with Gasteiger partial charge in [0.2, 0.25) is 0 Å². The van der Waals surface area contributed by atoms with Gasteiger partial charge in [-0.15, -0.1) is 9.24 Å². The largest absolute Gasteiger partial charge is 0.459 e. The Morgan fingerprint density at radius 1 is 1.00 bits per heavy atom. The normalized spacial score (nSPS) is 55.1. The van der Waals surface area contributed by atoms with Crippen molar-refractivity contribution >= 4 is 15.2 Å². The smallest absolute Gasteiger partial charge is 0.330 e. The minimum Gasteiger partial charge on any atom is -0.459 e. The summed E-state index contributed by atoms with van der Waals surface area (Å²) in [5, 5.41) is 0. The first-order chi connectivity index (χ1) is 14.9. The molecule has 0 N–H and O–H groups in total. The Balaban J connectivity index is 1.15. The van der Waals surface area contributed by atoms with E-state index in [1.54, 1.807) is 0 Å². The monoisotopic (exact) mass is 444 g/mol. The second-order valence-corrected chi connectivity index (χ2v) is 13.3. The quantitative estimate of drug-likeness (QED) is 0.304. The molecule has 0 saturated heterocycles. The van der Waals surface area contributed by atoms with Crippen molar-refractivity contribution in [3.05, 3.63) is 12.7 Å². The van der Waals surface area contributed by atoms with E-state index in [-0.39, 0.29) is 17.7 Å². The number of esters is 1. The highest BCUT2D eigenvalue weighted by Crippen LogP contribution is 2.64. The average molecular weight is 445 g/mol. The molecule has 0 heterocycles. The maximum Gasteiger partial charge on any atom is 0.330 e. The highest BCUT2D eigenvalue weighted by Gasteiger charge is 2.60. The molecule has 0 aromatic heterocycles. The van der Waals surface area contributed by atoms with E-state index in [4.69, 9.17) is 9.47 Å². The van der Waals surface area contributed by atoms with Gasteiger partial charge in [-0.25, -0.2) is 4.79 Å². The number of hydrogen-bond acceptors (Lipinski definition) is 3. The number of fused-ring (bicyclic) bond motifs is 5. The van der Waals surface area contributed by atoms with Crippen molar-refractivity contribution in [2.75, 3.05) is 0 Å². The predicted molar refractivity (Wildman–Crippen MR) is 125 cm³/mol. The lowest BCUT2D eigenvalue weighted by Crippen LogP contribution is -2.54. The fraction of sp³-hybridized carbons (Fsp3) is 0.889. The van der Waals surface area contributed by atoms with Crippen molar-refractivity contribution in [1.29, 1.82) is 0 Å². The third-order valence-corrected chi connectivity index (χ3v) is 11.5. The van der Waals surface area contributed by atoms with Gasteiger partial charge >= 0.3 is 5.97 Å². The van der Waals surface area contributed by atoms with E-state index < -0.39 is 0 Å². The fourth-order valence-corrected chi connectivity index (χ4v) is 11.2. The number of rotatable bonds is 5. The first-order valence-electron chi connectivity index (χ1n) is 13.1. The van der Waals surface area contributed by atoms with Crippen molar-refractivity contribution in [3.63, 3.8) is 0 Å². The molecule has 7 fully saturated rings. The molecule has 4 heteroatoms. The summed E-state index contributed by atoms with van der Waals surface area (Å²) in [6.07, 6.45) is 13.4. The second-order valence-electron chi connectivity index (χ2n) is 12.6. The Hall–Kier alpha value is -0.400. The highest BCUT2D eigenvalue weighted by molar-refractivity contribution is 7.17. The number of carbonyl (C=O) groups excluding carboxylic acids is 1. The van der Waals surface area contributed by atoms with Crippen LogP contribution in [0.2, 0.25) is 0 Å². The molecule has 0 spiro atoms. The minimum absolute atomic E-state index is 0.123. The van der Waals surface area contributed by atoms with Crippen molar-refractivity contribution in [3.8, 4) is 0 Å². The Labute approximate surface area is 190 Å². The molecule has 10 unspecified atom stereocenters. The molecule has 31 heavy (non-hydrogen) atoms. The molecular weight excluding hydrogens is 403 g/mol. The molecule has 172 valence electrons. The van der Waals surface area contributed by atoms with Crippen molar-refractivity contribution < 1.29 is 14.3 Å². The molecule has 0 amide bonds. The molecule has 7 aliphatic rings. The van der Waals surface area contributed by atoms with E-state index in [0.717, 1.165) is 36.0 Å². The SMILES string of the molecule is C=CC(=O)OC1CC2CC1C1C(C)CC(C(P)OC34CC5CC(CC(C5)C3)C4)C(C)C21. The van der Waals surface area contributed by atoms with Gasteiger partial charge in [0.15, 0.2) is 0 Å². The zero-order valence-electron chi connectivity index (χ0n) is 19.4. The molecule has 3 nitrogen and oxygen atoms in total. The Kier molecular flexibility index (Phi) is 5.16. The third-order valence-electron chi connectivity index (χ3n) is 10.9. The van der Waals surface area contributed by atoms with Crippen LogP contribution in [0.3, 0.4) is 0 Å². The van der Waals surface area contributed by atoms with Crippen molar-refractivity contribution in [2.24, 2.45) is 59.2 Å². The van der Waals surface area contributed by atoms with E-state index in [1.165, 1.54) is 57.4 Å². The van der Waals surface area contributed by atoms with Gasteiger partial charge in [0.05, 0.1) is 11.4 Å². The van der Waals surface area contributed by atoms with Crippen LogP contribution in [-0.2, 0) is 14.3 Å². The van der Waals surface area contributed by atoms with Crippen LogP contribution in [0.5, 0.6) is 0 Å². The van der Waals surface area contributed by atoms with Gasteiger partial charge in [-0.1, -0.05) is 20.4 Å². The van der Waals surface area contributed by atoms with Crippen LogP contribution in [0.25, 0.3) is 0 Å². The Bertz CT molecular complexity index is 713. The lowest BCUT2D eigenvalue weighted by molar-refractivity contribution is -0.189. The standard InChI is InChI=1S/C27H41O3P/c1-4-23(28)29-22-10-19-9-21(22)24-14(2)5-20(15(3)25(19)24)26(31)30-27-11-16-6-17(12-27)8-18(7-16)13-27/h4,14-22,24-26H,1,5-13,31H2,2-3H3. The molecule has 7 rings (SSSR count). The van der Waals surface area contributed by atoms with Crippen LogP contribution in [0, 0.1) is 59.2 Å². The van der Waals surface area contributed by atoms with Gasteiger partial charge in [0, 0.05) is 6.08 Å². The lowest BCUT2D eigenvalue weighted by Gasteiger charge is -2.58. The second kappa shape index (κ2) is 7.56. The Morgan fingerprint density at radius 3 is 2.26 bits per heavy atom. The average Bonchev–Trinajstić information content (AvgIpc) is 3.28. The van der Waals surface area contributed by atoms with E-state index in [2.05, 4.69) is 29.7 Å². The molecule has 7 aliphatic carbocycles. The molecule has 0 aromatic carbocycles. The summed E-state index contributed by atoms with van der Waals surface area (Å²) < 4.78 is 12.9. The number of hydrogen-bond donors (Lipinski definition) is 0. The van der Waals surface area contributed by atoms with Crippen molar-refractivity contribution in [2.45, 2.75) is 89.2 Å². The van der Waals surface area contributed by atoms with Crippen molar-refractivity contribution in [1.82, 2.24) is 0 Å². The van der Waals surface area contributed by atoms with Gasteiger partial charge in [-0.2, -0.15) is 0 Å². The fourth-order valence-electron chi connectivity index (χ4n) is 10.4. The van der Waals surface area contributed by atoms with Crippen LogP contribution >= 0.6 is 9.24 Å². The van der Waals surface area contributed by atoms with E-state index in [9.17, 15) is 4.79 Å². The number of carbonyl (C=O) groups is 1. The summed E-state index contributed by atoms with van der Waals surface area (Å²) in [7, 11) is 3.16. The summed E-state index contributed by atoms with van der Waals surface area (Å²) in [4.78, 5) is 11.8. The molecule has 0 aliphatic heterocycles. The molecule has 0 radical (unpaired) electrons. The maximum atomic E-state index is 11.8. The maximum absolute atomic E-state index is 11.8. The molecule has 10 atom stereocenters. The van der Waals surface area contributed by atoms with Crippen LogP contribution in [0.4, 0.5) is 0 Å². The highest BCUT2D eigenvalue weighted by atomic mass is 31.0. The molecule has 6 bridgehead atoms. The number of ether oxygens (including phenoxy) is 2. The van der Waals surface area contributed by atoms with Crippen LogP contribution in [0.1, 0.15) is 71.6 Å². The van der Waals surface area contributed by atoms with Gasteiger partial charge in [-0.05, 0) is 117 Å². The summed E-state index contributed by atoms with van der Waals surface area (Å²) in [6, 6.07) is 0. The lowest BCUT2D eigenvalue weighted by atomic mass is 9.54.